The molecule has 2 aromatic heterocycles. The van der Waals surface area contributed by atoms with Gasteiger partial charge in [0.1, 0.15) is 0 Å². The molecule has 0 atom stereocenters. The molecule has 21 heavy (non-hydrogen) atoms. The van der Waals surface area contributed by atoms with Crippen LogP contribution in [0.15, 0.2) is 30.7 Å². The number of pyridine rings is 1. The number of hydrogen-bond acceptors (Lipinski definition) is 4. The molecule has 0 radical (unpaired) electrons. The first kappa shape index (κ1) is 14.7. The van der Waals surface area contributed by atoms with Crippen molar-refractivity contribution in [3.63, 3.8) is 0 Å². The lowest BCUT2D eigenvalue weighted by Crippen LogP contribution is -2.21. The predicted molar refractivity (Wildman–Crippen MR) is 77.6 cm³/mol. The molecule has 0 bridgehead atoms. The minimum Gasteiger partial charge on any atom is -0.364 e. The van der Waals surface area contributed by atoms with Gasteiger partial charge in [-0.1, -0.05) is 13.0 Å². The molecule has 0 aliphatic heterocycles. The van der Waals surface area contributed by atoms with Crippen LogP contribution in [0.25, 0.3) is 0 Å². The molecule has 2 rings (SSSR count). The molecule has 0 saturated heterocycles. The minimum absolute atomic E-state index is 0.171. The summed E-state index contributed by atoms with van der Waals surface area (Å²) in [5.74, 6) is -0.643. The van der Waals surface area contributed by atoms with Crippen LogP contribution in [0.1, 0.15) is 35.9 Å². The Hall–Kier alpha value is -2.70. The number of carbonyl (C=O) groups excluding carboxylic acids is 2. The average Bonchev–Trinajstić information content (AvgIpc) is 2.82. The predicted octanol–water partition coefficient (Wildman–Crippen LogP) is 1.16. The van der Waals surface area contributed by atoms with Gasteiger partial charge in [0, 0.05) is 12.6 Å². The molecule has 2 aromatic rings. The third-order valence-electron chi connectivity index (χ3n) is 2.86. The van der Waals surface area contributed by atoms with Gasteiger partial charge in [-0.2, -0.15) is 0 Å². The first-order valence-corrected chi connectivity index (χ1v) is 6.66. The summed E-state index contributed by atoms with van der Waals surface area (Å²) in [5, 5.41) is 2.61. The Morgan fingerprint density at radius 3 is 2.76 bits per heavy atom. The van der Waals surface area contributed by atoms with Crippen LogP contribution >= 0.6 is 0 Å². The molecule has 0 fully saturated rings. The highest BCUT2D eigenvalue weighted by molar-refractivity contribution is 6.00. The van der Waals surface area contributed by atoms with Gasteiger partial charge in [-0.3, -0.25) is 14.6 Å². The zero-order valence-corrected chi connectivity index (χ0v) is 11.7. The van der Waals surface area contributed by atoms with Crippen LogP contribution in [0.4, 0.5) is 5.82 Å². The van der Waals surface area contributed by atoms with E-state index >= 15 is 0 Å². The number of amides is 2. The summed E-state index contributed by atoms with van der Waals surface area (Å²) in [6, 6.07) is 5.50. The van der Waals surface area contributed by atoms with Gasteiger partial charge in [0.25, 0.3) is 5.91 Å². The normalized spacial score (nSPS) is 10.3. The quantitative estimate of drug-likeness (QED) is 0.832. The Kier molecular flexibility index (Phi) is 4.65. The van der Waals surface area contributed by atoms with E-state index in [2.05, 4.69) is 15.3 Å². The van der Waals surface area contributed by atoms with Crippen LogP contribution in [0, 0.1) is 0 Å². The molecule has 2 heterocycles. The van der Waals surface area contributed by atoms with Crippen LogP contribution in [0.5, 0.6) is 0 Å². The van der Waals surface area contributed by atoms with Crippen LogP contribution in [0.2, 0.25) is 0 Å². The van der Waals surface area contributed by atoms with Crippen LogP contribution in [-0.4, -0.2) is 26.3 Å². The molecular formula is C14H17N5O2. The Bertz CT molecular complexity index is 636. The molecule has 0 aliphatic carbocycles. The maximum atomic E-state index is 11.6. The van der Waals surface area contributed by atoms with Crippen molar-refractivity contribution in [1.82, 2.24) is 14.5 Å². The summed E-state index contributed by atoms with van der Waals surface area (Å²) in [6.07, 6.45) is 4.22. The van der Waals surface area contributed by atoms with Crippen LogP contribution < -0.4 is 11.1 Å². The van der Waals surface area contributed by atoms with E-state index in [0.717, 1.165) is 5.69 Å². The van der Waals surface area contributed by atoms with E-state index < -0.39 is 5.91 Å². The molecule has 7 heteroatoms. The van der Waals surface area contributed by atoms with Gasteiger partial charge in [0.2, 0.25) is 5.91 Å². The van der Waals surface area contributed by atoms with Gasteiger partial charge < -0.3 is 15.6 Å². The fraction of sp³-hybridized carbons (Fsp3) is 0.286. The first-order chi connectivity index (χ1) is 10.1. The molecule has 0 aliphatic rings. The fourth-order valence-corrected chi connectivity index (χ4v) is 1.94. The van der Waals surface area contributed by atoms with Gasteiger partial charge in [-0.05, 0) is 18.6 Å². The Morgan fingerprint density at radius 2 is 2.14 bits per heavy atom. The lowest BCUT2D eigenvalue weighted by Gasteiger charge is -2.07. The molecular weight excluding hydrogens is 270 g/mol. The second-order valence-corrected chi connectivity index (χ2v) is 4.55. The summed E-state index contributed by atoms with van der Waals surface area (Å²) in [6.45, 7) is 2.25. The van der Waals surface area contributed by atoms with Crippen molar-refractivity contribution < 1.29 is 9.59 Å². The minimum atomic E-state index is -0.643. The monoisotopic (exact) mass is 287 g/mol. The van der Waals surface area contributed by atoms with Crippen molar-refractivity contribution >= 4 is 17.6 Å². The van der Waals surface area contributed by atoms with Crippen molar-refractivity contribution in [3.8, 4) is 0 Å². The molecule has 0 spiro atoms. The van der Waals surface area contributed by atoms with Gasteiger partial charge in [0.15, 0.2) is 11.5 Å². The second kappa shape index (κ2) is 6.65. The molecule has 0 unspecified atom stereocenters. The topological polar surface area (TPSA) is 103 Å². The van der Waals surface area contributed by atoms with Gasteiger partial charge in [-0.15, -0.1) is 0 Å². The maximum Gasteiger partial charge on any atom is 0.269 e. The van der Waals surface area contributed by atoms with Gasteiger partial charge in [-0.25, -0.2) is 4.98 Å². The third kappa shape index (κ3) is 3.65. The van der Waals surface area contributed by atoms with E-state index in [9.17, 15) is 9.59 Å². The Labute approximate surface area is 122 Å². The second-order valence-electron chi connectivity index (χ2n) is 4.55. The number of rotatable bonds is 6. The lowest BCUT2D eigenvalue weighted by atomic mass is 10.3. The number of imidazole rings is 1. The Balaban J connectivity index is 2.24. The largest absolute Gasteiger partial charge is 0.364 e. The SMILES string of the molecule is CCCC(=O)Nc1ncn(Cc2ccccn2)c1C(N)=O. The number of hydrogen-bond donors (Lipinski definition) is 2. The smallest absolute Gasteiger partial charge is 0.269 e. The molecule has 110 valence electrons. The van der Waals surface area contributed by atoms with Crippen molar-refractivity contribution in [2.75, 3.05) is 5.32 Å². The Morgan fingerprint density at radius 1 is 1.33 bits per heavy atom. The van der Waals surface area contributed by atoms with Crippen LogP contribution in [-0.2, 0) is 11.3 Å². The van der Waals surface area contributed by atoms with Crippen molar-refractivity contribution in [2.45, 2.75) is 26.3 Å². The number of nitrogens with two attached hydrogens (primary N) is 1. The highest BCUT2D eigenvalue weighted by atomic mass is 16.2. The number of aromatic nitrogens is 3. The van der Waals surface area contributed by atoms with E-state index in [1.807, 2.05) is 25.1 Å². The zero-order chi connectivity index (χ0) is 15.2. The lowest BCUT2D eigenvalue weighted by molar-refractivity contribution is -0.116. The van der Waals surface area contributed by atoms with Gasteiger partial charge >= 0.3 is 0 Å². The highest BCUT2D eigenvalue weighted by Crippen LogP contribution is 2.15. The number of nitrogens with one attached hydrogen (secondary N) is 1. The van der Waals surface area contributed by atoms with E-state index in [1.165, 1.54) is 6.33 Å². The standard InChI is InChI=1S/C14H17N5O2/c1-2-5-11(20)18-14-12(13(15)21)19(9-17-14)8-10-6-3-4-7-16-10/h3-4,6-7,9H,2,5,8H2,1H3,(H2,15,21)(H,18,20). The summed E-state index contributed by atoms with van der Waals surface area (Å²) >= 11 is 0. The zero-order valence-electron chi connectivity index (χ0n) is 11.7. The molecule has 2 amide bonds. The number of nitrogens with zero attached hydrogens (tertiary/aromatic N) is 3. The summed E-state index contributed by atoms with van der Waals surface area (Å²) in [5.41, 5.74) is 6.33. The molecule has 0 aromatic carbocycles. The number of anilines is 1. The molecule has 3 N–H and O–H groups in total. The summed E-state index contributed by atoms with van der Waals surface area (Å²) < 4.78 is 1.58. The fourth-order valence-electron chi connectivity index (χ4n) is 1.94. The van der Waals surface area contributed by atoms with Crippen molar-refractivity contribution in [1.29, 1.82) is 0 Å². The summed E-state index contributed by atoms with van der Waals surface area (Å²) in [7, 11) is 0. The van der Waals surface area contributed by atoms with E-state index in [4.69, 9.17) is 5.73 Å². The third-order valence-corrected chi connectivity index (χ3v) is 2.86. The van der Waals surface area contributed by atoms with Crippen molar-refractivity contribution in [3.05, 3.63) is 42.1 Å². The van der Waals surface area contributed by atoms with Crippen LogP contribution in [0.3, 0.4) is 0 Å². The van der Waals surface area contributed by atoms with Crippen molar-refractivity contribution in [2.24, 2.45) is 5.73 Å². The van der Waals surface area contributed by atoms with Gasteiger partial charge in [0.05, 0.1) is 18.6 Å². The number of primary amides is 1. The molecule has 7 nitrogen and oxygen atoms in total. The maximum absolute atomic E-state index is 11.6. The molecule has 0 saturated carbocycles. The summed E-state index contributed by atoms with van der Waals surface area (Å²) in [4.78, 5) is 31.5. The highest BCUT2D eigenvalue weighted by Gasteiger charge is 2.18. The average molecular weight is 287 g/mol. The first-order valence-electron chi connectivity index (χ1n) is 6.66. The number of carbonyl (C=O) groups is 2. The van der Waals surface area contributed by atoms with E-state index in [0.29, 0.717) is 19.4 Å². The van der Waals surface area contributed by atoms with E-state index in [-0.39, 0.29) is 17.4 Å². The van der Waals surface area contributed by atoms with E-state index in [1.54, 1.807) is 10.8 Å².